The van der Waals surface area contributed by atoms with Crippen molar-refractivity contribution in [3.63, 3.8) is 0 Å². The van der Waals surface area contributed by atoms with E-state index in [1.165, 1.54) is 11.1 Å². The second-order valence-electron chi connectivity index (χ2n) is 4.80. The first kappa shape index (κ1) is 14.1. The van der Waals surface area contributed by atoms with Crippen LogP contribution in [0, 0.1) is 12.8 Å². The number of pyridine rings is 1. The lowest BCUT2D eigenvalue weighted by molar-refractivity contribution is 0.108. The monoisotopic (exact) mass is 236 g/mol. The normalized spacial score (nSPS) is 11.1. The molecule has 96 valence electrons. The molecule has 1 aromatic rings. The van der Waals surface area contributed by atoms with Crippen LogP contribution < -0.4 is 5.32 Å². The predicted molar refractivity (Wildman–Crippen MR) is 71.0 cm³/mol. The van der Waals surface area contributed by atoms with Crippen molar-refractivity contribution in [2.45, 2.75) is 33.7 Å². The smallest absolute Gasteiger partial charge is 0.0489 e. The molecule has 0 radical (unpaired) electrons. The van der Waals surface area contributed by atoms with E-state index in [2.05, 4.69) is 31.1 Å². The summed E-state index contributed by atoms with van der Waals surface area (Å²) in [4.78, 5) is 4.13. The van der Waals surface area contributed by atoms with E-state index in [1.54, 1.807) is 0 Å². The van der Waals surface area contributed by atoms with Crippen LogP contribution in [-0.2, 0) is 11.3 Å². The van der Waals surface area contributed by atoms with Gasteiger partial charge in [-0.05, 0) is 43.0 Å². The molecule has 0 aliphatic rings. The van der Waals surface area contributed by atoms with Gasteiger partial charge in [0.15, 0.2) is 0 Å². The van der Waals surface area contributed by atoms with Crippen molar-refractivity contribution >= 4 is 0 Å². The van der Waals surface area contributed by atoms with Gasteiger partial charge >= 0.3 is 0 Å². The zero-order valence-corrected chi connectivity index (χ0v) is 11.2. The third kappa shape index (κ3) is 6.39. The quantitative estimate of drug-likeness (QED) is 0.704. The molecule has 0 saturated heterocycles. The van der Waals surface area contributed by atoms with E-state index in [4.69, 9.17) is 4.74 Å². The molecule has 0 aromatic carbocycles. The molecular formula is C14H24N2O. The standard InChI is InChI=1S/C14H24N2O/c1-12(2)11-17-8-4-6-15-9-14-10-16-7-5-13(14)3/h5,7,10,12,15H,4,6,8-9,11H2,1-3H3. The lowest BCUT2D eigenvalue weighted by atomic mass is 10.1. The molecule has 0 atom stereocenters. The number of hydrogen-bond donors (Lipinski definition) is 1. The van der Waals surface area contributed by atoms with E-state index in [0.29, 0.717) is 5.92 Å². The van der Waals surface area contributed by atoms with Crippen molar-refractivity contribution in [3.05, 3.63) is 29.6 Å². The highest BCUT2D eigenvalue weighted by molar-refractivity contribution is 5.20. The van der Waals surface area contributed by atoms with Gasteiger partial charge in [-0.2, -0.15) is 0 Å². The van der Waals surface area contributed by atoms with Crippen molar-refractivity contribution in [3.8, 4) is 0 Å². The van der Waals surface area contributed by atoms with Crippen molar-refractivity contribution in [1.82, 2.24) is 10.3 Å². The van der Waals surface area contributed by atoms with E-state index >= 15 is 0 Å². The molecule has 3 heteroatoms. The molecule has 0 saturated carbocycles. The number of aromatic nitrogens is 1. The molecule has 1 heterocycles. The van der Waals surface area contributed by atoms with Crippen molar-refractivity contribution in [2.75, 3.05) is 19.8 Å². The van der Waals surface area contributed by atoms with E-state index in [1.807, 2.05) is 18.5 Å². The highest BCUT2D eigenvalue weighted by Gasteiger charge is 1.97. The Morgan fingerprint density at radius 2 is 2.24 bits per heavy atom. The van der Waals surface area contributed by atoms with E-state index < -0.39 is 0 Å². The summed E-state index contributed by atoms with van der Waals surface area (Å²) >= 11 is 0. The Labute approximate surface area is 105 Å². The molecule has 0 aliphatic heterocycles. The van der Waals surface area contributed by atoms with Gasteiger partial charge in [0.25, 0.3) is 0 Å². The number of nitrogens with zero attached hydrogens (tertiary/aromatic N) is 1. The molecule has 0 fully saturated rings. The Morgan fingerprint density at radius 1 is 1.41 bits per heavy atom. The largest absolute Gasteiger partial charge is 0.381 e. The summed E-state index contributed by atoms with van der Waals surface area (Å²) in [6.45, 7) is 10.0. The average molecular weight is 236 g/mol. The second kappa shape index (κ2) is 8.20. The minimum absolute atomic E-state index is 0.626. The topological polar surface area (TPSA) is 34.2 Å². The Hall–Kier alpha value is -0.930. The molecule has 0 bridgehead atoms. The molecule has 0 amide bonds. The van der Waals surface area contributed by atoms with Gasteiger partial charge in [-0.1, -0.05) is 13.8 Å². The maximum Gasteiger partial charge on any atom is 0.0489 e. The summed E-state index contributed by atoms with van der Waals surface area (Å²) in [7, 11) is 0. The summed E-state index contributed by atoms with van der Waals surface area (Å²) < 4.78 is 5.52. The van der Waals surface area contributed by atoms with E-state index in [-0.39, 0.29) is 0 Å². The van der Waals surface area contributed by atoms with Crippen LogP contribution in [-0.4, -0.2) is 24.7 Å². The number of rotatable bonds is 8. The minimum atomic E-state index is 0.626. The summed E-state index contributed by atoms with van der Waals surface area (Å²) in [5.74, 6) is 0.626. The first-order valence-electron chi connectivity index (χ1n) is 6.38. The zero-order chi connectivity index (χ0) is 12.5. The maximum atomic E-state index is 5.52. The third-order valence-electron chi connectivity index (χ3n) is 2.56. The van der Waals surface area contributed by atoms with Crippen LogP contribution in [0.15, 0.2) is 18.5 Å². The predicted octanol–water partition coefficient (Wildman–Crippen LogP) is 2.54. The van der Waals surface area contributed by atoms with Crippen LogP contribution in [0.4, 0.5) is 0 Å². The average Bonchev–Trinajstić information content (AvgIpc) is 2.30. The van der Waals surface area contributed by atoms with Gasteiger partial charge in [-0.25, -0.2) is 0 Å². The van der Waals surface area contributed by atoms with Crippen molar-refractivity contribution < 1.29 is 4.74 Å². The fraction of sp³-hybridized carbons (Fsp3) is 0.643. The molecule has 17 heavy (non-hydrogen) atoms. The fourth-order valence-electron chi connectivity index (χ4n) is 1.52. The van der Waals surface area contributed by atoms with Crippen molar-refractivity contribution in [2.24, 2.45) is 5.92 Å². The summed E-state index contributed by atoms with van der Waals surface area (Å²) in [5, 5.41) is 3.41. The summed E-state index contributed by atoms with van der Waals surface area (Å²) in [6, 6.07) is 2.04. The lowest BCUT2D eigenvalue weighted by Gasteiger charge is -2.08. The van der Waals surface area contributed by atoms with Crippen LogP contribution >= 0.6 is 0 Å². The summed E-state index contributed by atoms with van der Waals surface area (Å²) in [5.41, 5.74) is 2.57. The number of nitrogens with one attached hydrogen (secondary N) is 1. The SMILES string of the molecule is Cc1ccncc1CNCCCOCC(C)C. The van der Waals surface area contributed by atoms with Gasteiger partial charge < -0.3 is 10.1 Å². The highest BCUT2D eigenvalue weighted by Crippen LogP contribution is 2.03. The molecule has 0 spiro atoms. The van der Waals surface area contributed by atoms with E-state index in [0.717, 1.165) is 32.7 Å². The molecular weight excluding hydrogens is 212 g/mol. The van der Waals surface area contributed by atoms with Gasteiger partial charge in [0.1, 0.15) is 0 Å². The van der Waals surface area contributed by atoms with Gasteiger partial charge in [-0.3, -0.25) is 4.98 Å². The van der Waals surface area contributed by atoms with E-state index in [9.17, 15) is 0 Å². The Morgan fingerprint density at radius 3 is 2.94 bits per heavy atom. The van der Waals surface area contributed by atoms with Crippen LogP contribution in [0.5, 0.6) is 0 Å². The molecule has 3 nitrogen and oxygen atoms in total. The Balaban J connectivity index is 2.03. The molecule has 1 N–H and O–H groups in total. The lowest BCUT2D eigenvalue weighted by Crippen LogP contribution is -2.17. The van der Waals surface area contributed by atoms with Crippen LogP contribution in [0.3, 0.4) is 0 Å². The fourth-order valence-corrected chi connectivity index (χ4v) is 1.52. The minimum Gasteiger partial charge on any atom is -0.381 e. The number of ether oxygens (including phenoxy) is 1. The summed E-state index contributed by atoms with van der Waals surface area (Å²) in [6.07, 6.45) is 4.82. The third-order valence-corrected chi connectivity index (χ3v) is 2.56. The molecule has 0 aliphatic carbocycles. The Bertz CT molecular complexity index is 313. The molecule has 1 rings (SSSR count). The molecule has 0 unspecified atom stereocenters. The van der Waals surface area contributed by atoms with Crippen LogP contribution in [0.2, 0.25) is 0 Å². The Kier molecular flexibility index (Phi) is 6.82. The van der Waals surface area contributed by atoms with Crippen LogP contribution in [0.1, 0.15) is 31.4 Å². The van der Waals surface area contributed by atoms with Gasteiger partial charge in [0.2, 0.25) is 0 Å². The highest BCUT2D eigenvalue weighted by atomic mass is 16.5. The first-order valence-corrected chi connectivity index (χ1v) is 6.38. The second-order valence-corrected chi connectivity index (χ2v) is 4.80. The maximum absolute atomic E-state index is 5.52. The van der Waals surface area contributed by atoms with Gasteiger partial charge in [0, 0.05) is 32.2 Å². The van der Waals surface area contributed by atoms with Crippen LogP contribution in [0.25, 0.3) is 0 Å². The zero-order valence-electron chi connectivity index (χ0n) is 11.2. The molecule has 1 aromatic heterocycles. The van der Waals surface area contributed by atoms with Gasteiger partial charge in [-0.15, -0.1) is 0 Å². The number of aryl methyl sites for hydroxylation is 1. The van der Waals surface area contributed by atoms with Crippen molar-refractivity contribution in [1.29, 1.82) is 0 Å². The first-order chi connectivity index (χ1) is 8.20. The van der Waals surface area contributed by atoms with Gasteiger partial charge in [0.05, 0.1) is 0 Å². The number of hydrogen-bond acceptors (Lipinski definition) is 3.